The van der Waals surface area contributed by atoms with E-state index in [9.17, 15) is 9.59 Å². The van der Waals surface area contributed by atoms with E-state index >= 15 is 0 Å². The average molecular weight is 421 g/mol. The number of ether oxygens (including phenoxy) is 2. The third-order valence-corrected chi connectivity index (χ3v) is 4.03. The molecule has 2 amide bonds. The van der Waals surface area contributed by atoms with Gasteiger partial charge >= 0.3 is 0 Å². The highest BCUT2D eigenvalue weighted by Crippen LogP contribution is 2.23. The molecule has 26 heavy (non-hydrogen) atoms. The zero-order chi connectivity index (χ0) is 18.8. The molecule has 2 rings (SSSR count). The fraction of sp³-hybridized carbons (Fsp3) is 0.263. The number of nitrogens with one attached hydrogen (secondary N) is 2. The highest BCUT2D eigenvalue weighted by molar-refractivity contribution is 9.10. The number of hydrogen-bond donors (Lipinski definition) is 2. The molecule has 0 aliphatic heterocycles. The van der Waals surface area contributed by atoms with E-state index in [1.54, 1.807) is 24.3 Å². The van der Waals surface area contributed by atoms with Crippen molar-refractivity contribution in [2.45, 2.75) is 12.8 Å². The topological polar surface area (TPSA) is 76.7 Å². The molecular weight excluding hydrogens is 400 g/mol. The van der Waals surface area contributed by atoms with E-state index in [0.717, 1.165) is 10.2 Å². The first-order valence-electron chi connectivity index (χ1n) is 8.14. The van der Waals surface area contributed by atoms with Gasteiger partial charge in [-0.25, -0.2) is 0 Å². The summed E-state index contributed by atoms with van der Waals surface area (Å²) in [6.07, 6.45) is 0.967. The van der Waals surface area contributed by atoms with Gasteiger partial charge in [0.2, 0.25) is 11.8 Å². The summed E-state index contributed by atoms with van der Waals surface area (Å²) in [4.78, 5) is 23.4. The van der Waals surface area contributed by atoms with Gasteiger partial charge in [-0.05, 0) is 58.7 Å². The Balaban J connectivity index is 1.70. The molecular formula is C19H21BrN2O4. The van der Waals surface area contributed by atoms with Crippen molar-refractivity contribution in [2.24, 2.45) is 0 Å². The van der Waals surface area contributed by atoms with Crippen LogP contribution in [-0.2, 0) is 14.3 Å². The predicted octanol–water partition coefficient (Wildman–Crippen LogP) is 3.83. The van der Waals surface area contributed by atoms with Crippen molar-refractivity contribution in [3.63, 3.8) is 0 Å². The van der Waals surface area contributed by atoms with Gasteiger partial charge in [0.1, 0.15) is 12.4 Å². The van der Waals surface area contributed by atoms with Crippen LogP contribution < -0.4 is 15.4 Å². The predicted molar refractivity (Wildman–Crippen MR) is 104 cm³/mol. The molecule has 0 heterocycles. The summed E-state index contributed by atoms with van der Waals surface area (Å²) in [5.74, 6) is 0.449. The number of methoxy groups -OCH3 is 1. The van der Waals surface area contributed by atoms with Crippen molar-refractivity contribution < 1.29 is 19.1 Å². The number of benzene rings is 2. The maximum Gasteiger partial charge on any atom is 0.250 e. The minimum Gasteiger partial charge on any atom is -0.492 e. The summed E-state index contributed by atoms with van der Waals surface area (Å²) in [7, 11) is 1.46. The Morgan fingerprint density at radius 3 is 2.19 bits per heavy atom. The summed E-state index contributed by atoms with van der Waals surface area (Å²) in [5, 5.41) is 5.50. The van der Waals surface area contributed by atoms with Crippen LogP contribution in [0.2, 0.25) is 0 Å². The van der Waals surface area contributed by atoms with Gasteiger partial charge in [0.05, 0.1) is 11.1 Å². The Hall–Kier alpha value is -2.38. The molecule has 0 saturated heterocycles. The van der Waals surface area contributed by atoms with E-state index in [0.29, 0.717) is 30.8 Å². The second kappa shape index (κ2) is 10.6. The minimum atomic E-state index is -0.227. The highest BCUT2D eigenvalue weighted by Gasteiger charge is 2.05. The fourth-order valence-corrected chi connectivity index (χ4v) is 2.56. The molecule has 2 aromatic carbocycles. The summed E-state index contributed by atoms with van der Waals surface area (Å²) in [5.41, 5.74) is 1.32. The number of hydrogen-bond acceptors (Lipinski definition) is 4. The van der Waals surface area contributed by atoms with Crippen molar-refractivity contribution in [1.82, 2.24) is 0 Å². The summed E-state index contributed by atoms with van der Waals surface area (Å²) < 4.78 is 11.3. The van der Waals surface area contributed by atoms with Gasteiger partial charge in [-0.3, -0.25) is 9.59 Å². The number of para-hydroxylation sites is 1. The summed E-state index contributed by atoms with van der Waals surface area (Å²) in [6, 6.07) is 14.5. The molecule has 0 saturated carbocycles. The Labute approximate surface area is 161 Å². The lowest BCUT2D eigenvalue weighted by atomic mass is 10.2. The molecule has 2 N–H and O–H groups in total. The number of halogens is 1. The molecule has 0 aliphatic carbocycles. The van der Waals surface area contributed by atoms with Crippen molar-refractivity contribution in [3.8, 4) is 5.75 Å². The molecule has 0 radical (unpaired) electrons. The molecule has 7 heteroatoms. The van der Waals surface area contributed by atoms with Gasteiger partial charge in [0, 0.05) is 24.9 Å². The van der Waals surface area contributed by atoms with Gasteiger partial charge in [-0.15, -0.1) is 0 Å². The maximum atomic E-state index is 12.0. The van der Waals surface area contributed by atoms with Crippen LogP contribution in [0.4, 0.5) is 11.4 Å². The van der Waals surface area contributed by atoms with Crippen LogP contribution in [0.15, 0.2) is 53.0 Å². The first-order chi connectivity index (χ1) is 12.6. The molecule has 138 valence electrons. The van der Waals surface area contributed by atoms with Gasteiger partial charge < -0.3 is 20.1 Å². The highest BCUT2D eigenvalue weighted by atomic mass is 79.9. The number of amides is 2. The van der Waals surface area contributed by atoms with Gasteiger partial charge in [-0.1, -0.05) is 12.1 Å². The first kappa shape index (κ1) is 19.9. The number of carbonyl (C=O) groups is 2. The van der Waals surface area contributed by atoms with Gasteiger partial charge in [-0.2, -0.15) is 0 Å². The average Bonchev–Trinajstić information content (AvgIpc) is 2.62. The SMILES string of the molecule is COCC(=O)Nc1ccc(NC(=O)CCCOc2ccccc2Br)cc1. The number of rotatable bonds is 9. The van der Waals surface area contributed by atoms with Crippen molar-refractivity contribution >= 4 is 39.1 Å². The Bertz CT molecular complexity index is 735. The van der Waals surface area contributed by atoms with Gasteiger partial charge in [0.25, 0.3) is 0 Å². The second-order valence-electron chi connectivity index (χ2n) is 5.49. The summed E-state index contributed by atoms with van der Waals surface area (Å²) >= 11 is 3.41. The van der Waals surface area contributed by atoms with Crippen LogP contribution in [0.25, 0.3) is 0 Å². The third kappa shape index (κ3) is 6.85. The van der Waals surface area contributed by atoms with Crippen LogP contribution in [0.3, 0.4) is 0 Å². The molecule has 0 bridgehead atoms. The van der Waals surface area contributed by atoms with E-state index < -0.39 is 0 Å². The summed E-state index contributed by atoms with van der Waals surface area (Å²) in [6.45, 7) is 0.459. The Morgan fingerprint density at radius 1 is 0.962 bits per heavy atom. The van der Waals surface area contributed by atoms with Crippen molar-refractivity contribution in [3.05, 3.63) is 53.0 Å². The van der Waals surface area contributed by atoms with Crippen molar-refractivity contribution in [1.29, 1.82) is 0 Å². The Kier molecular flexibility index (Phi) is 8.11. The lowest BCUT2D eigenvalue weighted by Gasteiger charge is -2.09. The van der Waals surface area contributed by atoms with Crippen LogP contribution in [0.1, 0.15) is 12.8 Å². The number of carbonyl (C=O) groups excluding carboxylic acids is 2. The molecule has 0 spiro atoms. The lowest BCUT2D eigenvalue weighted by Crippen LogP contribution is -2.17. The lowest BCUT2D eigenvalue weighted by molar-refractivity contribution is -0.119. The van der Waals surface area contributed by atoms with Gasteiger partial charge in [0.15, 0.2) is 0 Å². The Morgan fingerprint density at radius 2 is 1.58 bits per heavy atom. The van der Waals surface area contributed by atoms with E-state index in [2.05, 4.69) is 26.6 Å². The fourth-order valence-electron chi connectivity index (χ4n) is 2.17. The zero-order valence-electron chi connectivity index (χ0n) is 14.5. The first-order valence-corrected chi connectivity index (χ1v) is 8.94. The minimum absolute atomic E-state index is 0.000110. The molecule has 0 fully saturated rings. The zero-order valence-corrected chi connectivity index (χ0v) is 16.0. The van der Waals surface area contributed by atoms with E-state index in [4.69, 9.17) is 9.47 Å². The van der Waals surface area contributed by atoms with E-state index in [1.807, 2.05) is 24.3 Å². The molecule has 6 nitrogen and oxygen atoms in total. The molecule has 0 atom stereocenters. The largest absolute Gasteiger partial charge is 0.492 e. The molecule has 0 unspecified atom stereocenters. The van der Waals surface area contributed by atoms with Crippen molar-refractivity contribution in [2.75, 3.05) is 31.0 Å². The molecule has 0 aliphatic rings. The molecule has 0 aromatic heterocycles. The van der Waals surface area contributed by atoms with Crippen LogP contribution in [0, 0.1) is 0 Å². The maximum absolute atomic E-state index is 12.0. The van der Waals surface area contributed by atoms with Crippen LogP contribution in [-0.4, -0.2) is 32.1 Å². The monoisotopic (exact) mass is 420 g/mol. The standard InChI is InChI=1S/C19H21BrN2O4/c1-25-13-19(24)22-15-10-8-14(9-11-15)21-18(23)7-4-12-26-17-6-3-2-5-16(17)20/h2-3,5-6,8-11H,4,7,12-13H2,1H3,(H,21,23)(H,22,24). The molecule has 2 aromatic rings. The smallest absolute Gasteiger partial charge is 0.250 e. The number of anilines is 2. The second-order valence-corrected chi connectivity index (χ2v) is 6.34. The van der Waals surface area contributed by atoms with E-state index in [1.165, 1.54) is 7.11 Å². The van der Waals surface area contributed by atoms with E-state index in [-0.39, 0.29) is 18.4 Å². The normalized spacial score (nSPS) is 10.2. The van der Waals surface area contributed by atoms with Crippen LogP contribution >= 0.6 is 15.9 Å². The third-order valence-electron chi connectivity index (χ3n) is 3.37. The van der Waals surface area contributed by atoms with Crippen LogP contribution in [0.5, 0.6) is 5.75 Å². The quantitative estimate of drug-likeness (QED) is 0.604.